The first kappa shape index (κ1) is 80.3. The zero-order chi connectivity index (χ0) is 71.9. The van der Waals surface area contributed by atoms with Gasteiger partial charge in [-0.3, -0.25) is 52.4 Å². The van der Waals surface area contributed by atoms with E-state index < -0.39 is 159 Å². The number of aromatic amines is 3. The molecule has 8 heterocycles. The third-order valence-electron chi connectivity index (χ3n) is 15.9. The molecule has 5 aliphatic rings. The summed E-state index contributed by atoms with van der Waals surface area (Å²) in [7, 11) is 1.34. The van der Waals surface area contributed by atoms with E-state index in [2.05, 4.69) is 92.0 Å². The van der Waals surface area contributed by atoms with Crippen LogP contribution in [0.3, 0.4) is 0 Å². The second kappa shape index (κ2) is 33.0. The topological polar surface area (TPSA) is 439 Å². The van der Waals surface area contributed by atoms with Gasteiger partial charge >= 0.3 is 17.1 Å². The van der Waals surface area contributed by atoms with Gasteiger partial charge in [-0.15, -0.1) is 52.7 Å². The van der Waals surface area contributed by atoms with Crippen molar-refractivity contribution < 1.29 is 78.9 Å². The number of aliphatic hydroxyl groups is 8. The van der Waals surface area contributed by atoms with Gasteiger partial charge in [-0.2, -0.15) is 0 Å². The van der Waals surface area contributed by atoms with E-state index in [0.717, 1.165) is 44.5 Å². The van der Waals surface area contributed by atoms with Crippen LogP contribution in [-0.4, -0.2) is 281 Å². The summed E-state index contributed by atoms with van der Waals surface area (Å²) in [5, 5.41) is 84.4. The average molecular weight is 1420 g/mol. The van der Waals surface area contributed by atoms with E-state index in [-0.39, 0.29) is 47.4 Å². The van der Waals surface area contributed by atoms with Gasteiger partial charge in [0.1, 0.15) is 73.1 Å². The van der Waals surface area contributed by atoms with Gasteiger partial charge in [0.25, 0.3) is 22.6 Å². The van der Waals surface area contributed by atoms with Crippen LogP contribution < -0.4 is 43.8 Å². The van der Waals surface area contributed by atoms with Crippen LogP contribution in [0.4, 0.5) is 0 Å². The van der Waals surface area contributed by atoms with Gasteiger partial charge in [-0.05, 0) is 124 Å². The summed E-state index contributed by atoms with van der Waals surface area (Å²) in [4.78, 5) is 113. The summed E-state index contributed by atoms with van der Waals surface area (Å²) in [5.74, 6) is -0.678. The van der Waals surface area contributed by atoms with E-state index in [4.69, 9.17) is 23.7 Å². The molecular weight excluding hydrogens is 1320 g/mol. The van der Waals surface area contributed by atoms with Crippen molar-refractivity contribution in [3.8, 4) is 5.75 Å². The third kappa shape index (κ3) is 22.3. The van der Waals surface area contributed by atoms with Crippen LogP contribution in [0, 0.1) is 0 Å². The van der Waals surface area contributed by atoms with Crippen molar-refractivity contribution in [2.75, 3.05) is 84.6 Å². The second-order valence-electron chi connectivity index (χ2n) is 27.4. The highest BCUT2D eigenvalue weighted by atomic mass is 31.2. The Morgan fingerprint density at radius 1 is 0.558 bits per heavy atom. The van der Waals surface area contributed by atoms with Crippen molar-refractivity contribution >= 4 is 70.2 Å². The number of nitrogens with zero attached hydrogens (tertiary/aromatic N) is 4. The molecule has 3 aromatic heterocycles. The number of rotatable bonds is 21. The monoisotopic (exact) mass is 1420 g/mol. The van der Waals surface area contributed by atoms with Crippen LogP contribution in [0.5, 0.6) is 5.75 Å². The zero-order valence-electron chi connectivity index (χ0n) is 56.0. The van der Waals surface area contributed by atoms with E-state index in [1.807, 2.05) is 13.3 Å². The number of carbonyl (C=O) groups excluding carboxylic acids is 3. The number of hydrogen-bond donors (Lipinski definition) is 12. The molecule has 0 spiro atoms. The number of ether oxygens (including phenoxy) is 5. The number of carbonyl (C=O) groups is 3. The van der Waals surface area contributed by atoms with Crippen molar-refractivity contribution in [1.29, 1.82) is 0 Å². The molecule has 0 aliphatic carbocycles. The summed E-state index contributed by atoms with van der Waals surface area (Å²) in [5.41, 5.74) is -3.36. The standard InChI is InChI=1S/C16H25N2O7P.C16H25N2O6P.C15H25N2O4P.C14H23N2O5P/c1-9(19)8-24-11-7-18(16(23)17-14(11)22)15-13(21)12(20)10(25-15)5-6-26(2,3)4;1-9(19)7-10-8-18(16(23)17-14(10)22)15-13(21)12(20)11(24-15)5-6-25(2,3)4;1-9-8-17(10(2)16-14(9)20)15-13(19)12(18)11(21-15)6-7-22(3,4)5;1-16-13(19)8(7-15-14(16)20)12-11(18)10(17)9(21-12)5-6-22(2,3)4/h7,10,12-13,15,20-21H,2,5-6,8H2,1,3-4H3,(H,17,22,23);8,11-13,15,20-21H,2,5-7H2,1,3-4H3,(H,17,22,23);8,11-13,15,18-19H,2-3,6-7H2,1,4-5H3,(H,16,20);7,9-12,17-18H,2,5-6H2,1,3-4H3,(H,15,20)/t10-,12-,13-,15?;2*11-,12-,13-,15?;9-,10-,11-,12?/m1111/s1. The number of nitrogens with one attached hydrogen (secondary N) is 4. The highest BCUT2D eigenvalue weighted by Gasteiger charge is 2.48. The summed E-state index contributed by atoms with van der Waals surface area (Å²) in [6.45, 7) is 19.2. The molecule has 0 radical (unpaired) electrons. The maximum absolute atomic E-state index is 12.1. The van der Waals surface area contributed by atoms with Gasteiger partial charge in [0.15, 0.2) is 24.5 Å². The molecule has 4 saturated heterocycles. The lowest BCUT2D eigenvalue weighted by molar-refractivity contribution is -0.120. The molecule has 1 amide bonds. The van der Waals surface area contributed by atoms with Crippen molar-refractivity contribution in [2.45, 2.75) is 151 Å². The predicted molar refractivity (Wildman–Crippen MR) is 372 cm³/mol. The fourth-order valence-electron chi connectivity index (χ4n) is 10.4. The number of ketones is 2. The van der Waals surface area contributed by atoms with E-state index in [1.54, 1.807) is 18.0 Å². The molecule has 95 heavy (non-hydrogen) atoms. The average Bonchev–Trinajstić information content (AvgIpc) is 1.61. The van der Waals surface area contributed by atoms with Crippen molar-refractivity contribution in [1.82, 2.24) is 38.9 Å². The van der Waals surface area contributed by atoms with Gasteiger partial charge in [0, 0.05) is 43.2 Å². The van der Waals surface area contributed by atoms with Gasteiger partial charge < -0.3 is 79.7 Å². The number of aliphatic hydroxyl groups excluding tert-OH is 8. The third-order valence-corrected chi connectivity index (χ3v) is 21.8. The van der Waals surface area contributed by atoms with Crippen LogP contribution >= 0.6 is 27.5 Å². The number of hydrogen-bond acceptors (Lipinski definition) is 23. The minimum absolute atomic E-state index is 0.102. The first-order valence-electron chi connectivity index (χ1n) is 30.5. The fraction of sp³-hybridized carbons (Fsp3) is 0.623. The molecule has 16 atom stereocenters. The highest BCUT2D eigenvalue weighted by Crippen LogP contribution is 2.43. The zero-order valence-corrected chi connectivity index (χ0v) is 59.6. The molecule has 5 aliphatic heterocycles. The van der Waals surface area contributed by atoms with Gasteiger partial charge in [-0.25, -0.2) is 14.4 Å². The largest absolute Gasteiger partial charge is 0.479 e. The second-order valence-corrected chi connectivity index (χ2v) is 44.7. The van der Waals surface area contributed by atoms with Crippen molar-refractivity contribution in [3.05, 3.63) is 116 Å². The highest BCUT2D eigenvalue weighted by molar-refractivity contribution is 7.73. The predicted octanol–water partition coefficient (Wildman–Crippen LogP) is -1.72. The Morgan fingerprint density at radius 3 is 1.39 bits per heavy atom. The van der Waals surface area contributed by atoms with Gasteiger partial charge in [0.05, 0.1) is 36.2 Å². The SMILES string of the molecule is C=C1NC(=O)C(C)=CN1C1O[C@H](CCP(=C)(C)C)[C@@H](O)[C@H]1O.C=P(C)(C)CC[C@H]1OC(c2c[nH]c(=O)n(C)c2=O)[C@H](O)[C@@H]1O.C=P(C)(C)CC[C@H]1OC(n2cc(CC(C)=O)c(=O)[nH]c2=O)[C@H](O)[C@@H]1O.C=P(C)(C)CC[C@H]1OC(n2cc(OCC(C)=O)c(=O)[nH]c2=O)[C@H](O)[C@@H]1O. The quantitative estimate of drug-likeness (QED) is 0.0528. The Labute approximate surface area is 550 Å². The number of aromatic nitrogens is 6. The molecule has 4 fully saturated rings. The van der Waals surface area contributed by atoms with Crippen LogP contribution in [0.15, 0.2) is 71.5 Å². The summed E-state index contributed by atoms with van der Waals surface area (Å²) < 4.78 is 30.9. The molecule has 0 saturated carbocycles. The molecule has 8 rings (SSSR count). The Kier molecular flexibility index (Phi) is 27.9. The Balaban J connectivity index is 0.000000230. The number of H-pyrrole nitrogens is 3. The molecule has 0 bridgehead atoms. The Hall–Kier alpha value is -5.35. The summed E-state index contributed by atoms with van der Waals surface area (Å²) in [6.07, 6.45) is 11.3. The molecular formula is C61H98N8O22P4. The maximum atomic E-state index is 12.1. The molecule has 12 N–H and O–H groups in total. The first-order chi connectivity index (χ1) is 43.7. The number of Topliss-reactive ketones (excluding diaryl/α,β-unsaturated/α-hetero) is 2. The normalized spacial score (nSPS) is 28.5. The van der Waals surface area contributed by atoms with E-state index in [9.17, 15) is 84.0 Å². The van der Waals surface area contributed by atoms with Crippen LogP contribution in [0.25, 0.3) is 0 Å². The summed E-state index contributed by atoms with van der Waals surface area (Å²) >= 11 is 0. The first-order valence-corrected chi connectivity index (χ1v) is 42.7. The van der Waals surface area contributed by atoms with Crippen molar-refractivity contribution in [2.24, 2.45) is 7.05 Å². The molecule has 534 valence electrons. The lowest BCUT2D eigenvalue weighted by Crippen LogP contribution is -2.47. The molecule has 3 aromatic rings. The Bertz CT molecular complexity index is 3870. The lowest BCUT2D eigenvalue weighted by Gasteiger charge is -2.34. The minimum atomic E-state index is -1.35. The minimum Gasteiger partial charge on any atom is -0.479 e. The molecule has 4 unspecified atom stereocenters. The van der Waals surface area contributed by atoms with Crippen molar-refractivity contribution in [3.63, 3.8) is 0 Å². The van der Waals surface area contributed by atoms with E-state index in [0.29, 0.717) is 37.1 Å². The fourth-order valence-corrected chi connectivity index (χ4v) is 14.3. The molecule has 30 nitrogen and oxygen atoms in total. The maximum Gasteiger partial charge on any atom is 0.330 e. The molecule has 34 heteroatoms. The Morgan fingerprint density at radius 2 is 0.958 bits per heavy atom. The lowest BCUT2D eigenvalue weighted by atomic mass is 10.0. The van der Waals surface area contributed by atoms with Crippen LogP contribution in [0.2, 0.25) is 0 Å². The van der Waals surface area contributed by atoms with E-state index >= 15 is 0 Å². The van der Waals surface area contributed by atoms with Crippen LogP contribution in [0.1, 0.15) is 76.1 Å². The summed E-state index contributed by atoms with van der Waals surface area (Å²) in [6, 6.07) is 0. The smallest absolute Gasteiger partial charge is 0.330 e. The van der Waals surface area contributed by atoms with Gasteiger partial charge in [0.2, 0.25) is 5.75 Å². The van der Waals surface area contributed by atoms with Gasteiger partial charge in [-0.1, -0.05) is 6.58 Å². The van der Waals surface area contributed by atoms with E-state index in [1.165, 1.54) is 33.3 Å². The molecule has 0 aromatic carbocycles. The number of amides is 1. The van der Waals surface area contributed by atoms with Crippen LogP contribution in [-0.2, 0) is 46.8 Å².